The molecule has 0 unspecified atom stereocenters. The Balaban J connectivity index is 2.45. The fraction of sp³-hybridized carbons (Fsp3) is 0.200. The number of thioether (sulfide) groups is 1. The normalized spacial score (nSPS) is 9.62. The van der Waals surface area contributed by atoms with Crippen molar-refractivity contribution in [2.45, 2.75) is 6.92 Å². The van der Waals surface area contributed by atoms with Gasteiger partial charge in [-0.05, 0) is 31.2 Å². The molecule has 0 atom stereocenters. The van der Waals surface area contributed by atoms with Crippen LogP contribution in [0.4, 0.5) is 10.5 Å². The van der Waals surface area contributed by atoms with Crippen molar-refractivity contribution in [2.75, 3.05) is 11.9 Å². The second kappa shape index (κ2) is 6.88. The van der Waals surface area contributed by atoms with E-state index in [0.29, 0.717) is 10.9 Å². The van der Waals surface area contributed by atoms with Gasteiger partial charge < -0.3 is 10.1 Å². The summed E-state index contributed by atoms with van der Waals surface area (Å²) in [7, 11) is 0. The van der Waals surface area contributed by atoms with Crippen molar-refractivity contribution >= 4 is 55.2 Å². The summed E-state index contributed by atoms with van der Waals surface area (Å²) in [5.74, 6) is 0. The van der Waals surface area contributed by atoms with Crippen LogP contribution in [0.25, 0.3) is 0 Å². The predicted molar refractivity (Wildman–Crippen MR) is 75.0 cm³/mol. The van der Waals surface area contributed by atoms with Crippen molar-refractivity contribution < 1.29 is 9.53 Å². The first kappa shape index (κ1) is 13.5. The van der Waals surface area contributed by atoms with Gasteiger partial charge in [0.05, 0.1) is 6.61 Å². The van der Waals surface area contributed by atoms with Crippen molar-refractivity contribution in [3.8, 4) is 0 Å². The number of carbonyl (C=O) groups is 1. The highest BCUT2D eigenvalue weighted by Gasteiger charge is 2.07. The smallest absolute Gasteiger partial charge is 0.374 e. The number of hydrogen-bond acceptors (Lipinski definition) is 4. The minimum Gasteiger partial charge on any atom is -0.458 e. The van der Waals surface area contributed by atoms with E-state index < -0.39 is 5.30 Å². The van der Waals surface area contributed by atoms with E-state index in [0.717, 1.165) is 21.9 Å². The molecule has 0 aliphatic heterocycles. The van der Waals surface area contributed by atoms with Crippen molar-refractivity contribution in [3.63, 3.8) is 0 Å². The van der Waals surface area contributed by atoms with Crippen LogP contribution in [-0.4, -0.2) is 16.2 Å². The highest BCUT2D eigenvalue weighted by Crippen LogP contribution is 2.17. The van der Waals surface area contributed by atoms with Crippen molar-refractivity contribution in [1.29, 1.82) is 0 Å². The van der Waals surface area contributed by atoms with Gasteiger partial charge in [0.1, 0.15) is 4.32 Å². The molecule has 6 heteroatoms. The lowest BCUT2D eigenvalue weighted by Crippen LogP contribution is -2.08. The zero-order valence-corrected chi connectivity index (χ0v) is 11.7. The van der Waals surface area contributed by atoms with E-state index in [-0.39, 0.29) is 0 Å². The number of nitrogens with one attached hydrogen (secondary N) is 1. The maximum absolute atomic E-state index is 11.1. The highest BCUT2D eigenvalue weighted by molar-refractivity contribution is 9.10. The summed E-state index contributed by atoms with van der Waals surface area (Å²) in [5.41, 5.74) is 0.838. The van der Waals surface area contributed by atoms with Gasteiger partial charge in [-0.3, -0.25) is 0 Å². The first-order valence-electron chi connectivity index (χ1n) is 4.53. The molecule has 1 N–H and O–H groups in total. The van der Waals surface area contributed by atoms with Crippen LogP contribution in [0.2, 0.25) is 0 Å². The van der Waals surface area contributed by atoms with E-state index in [9.17, 15) is 4.79 Å². The van der Waals surface area contributed by atoms with Crippen LogP contribution < -0.4 is 5.32 Å². The SMILES string of the molecule is CCOC(=O)SC(=S)Nc1ccc(Br)cc1. The molecule has 0 saturated carbocycles. The summed E-state index contributed by atoms with van der Waals surface area (Å²) in [5, 5.41) is 2.54. The van der Waals surface area contributed by atoms with Crippen LogP contribution in [0, 0.1) is 0 Å². The van der Waals surface area contributed by atoms with Gasteiger partial charge in [-0.15, -0.1) is 0 Å². The van der Waals surface area contributed by atoms with E-state index in [1.165, 1.54) is 0 Å². The van der Waals surface area contributed by atoms with Crippen LogP contribution in [0.15, 0.2) is 28.7 Å². The third-order valence-electron chi connectivity index (χ3n) is 1.53. The largest absolute Gasteiger partial charge is 0.458 e. The molecule has 0 fully saturated rings. The minimum atomic E-state index is -0.392. The zero-order valence-electron chi connectivity index (χ0n) is 8.53. The number of carbonyl (C=O) groups excluding carboxylic acids is 1. The van der Waals surface area contributed by atoms with Crippen LogP contribution >= 0.6 is 39.9 Å². The summed E-state index contributed by atoms with van der Waals surface area (Å²) in [6, 6.07) is 7.50. The van der Waals surface area contributed by atoms with Gasteiger partial charge in [-0.2, -0.15) is 0 Å². The summed E-state index contributed by atoms with van der Waals surface area (Å²) >= 11 is 9.20. The summed E-state index contributed by atoms with van der Waals surface area (Å²) < 4.78 is 6.12. The number of hydrogen-bond donors (Lipinski definition) is 1. The Hall–Kier alpha value is -0.590. The van der Waals surface area contributed by atoms with Crippen LogP contribution in [0.1, 0.15) is 6.92 Å². The number of thiocarbonyl (C=S) groups is 1. The molecule has 1 aromatic carbocycles. The molecule has 0 heterocycles. The Morgan fingerprint density at radius 3 is 2.69 bits per heavy atom. The number of benzene rings is 1. The maximum Gasteiger partial charge on any atom is 0.374 e. The molecule has 16 heavy (non-hydrogen) atoms. The molecule has 0 bridgehead atoms. The average Bonchev–Trinajstić information content (AvgIpc) is 2.21. The Kier molecular flexibility index (Phi) is 5.79. The predicted octanol–water partition coefficient (Wildman–Crippen LogP) is 4.04. The van der Waals surface area contributed by atoms with Gasteiger partial charge in [0.25, 0.3) is 0 Å². The molecular weight excluding hydrogens is 310 g/mol. The van der Waals surface area contributed by atoms with Crippen LogP contribution in [-0.2, 0) is 4.74 Å². The standard InChI is InChI=1S/C10H10BrNO2S2/c1-2-14-10(13)16-9(15)12-8-5-3-7(11)4-6-8/h3-6H,2H2,1H3,(H,12,15). The Bertz CT molecular complexity index is 381. The topological polar surface area (TPSA) is 38.3 Å². The molecule has 0 aliphatic carbocycles. The lowest BCUT2D eigenvalue weighted by molar-refractivity contribution is 0.182. The summed E-state index contributed by atoms with van der Waals surface area (Å²) in [4.78, 5) is 11.1. The monoisotopic (exact) mass is 319 g/mol. The quantitative estimate of drug-likeness (QED) is 0.658. The van der Waals surface area contributed by atoms with E-state index in [4.69, 9.17) is 17.0 Å². The Morgan fingerprint density at radius 1 is 1.50 bits per heavy atom. The molecular formula is C10H10BrNO2S2. The third-order valence-corrected chi connectivity index (χ3v) is 2.98. The van der Waals surface area contributed by atoms with Crippen molar-refractivity contribution in [1.82, 2.24) is 0 Å². The molecule has 0 radical (unpaired) electrons. The molecule has 0 aliphatic rings. The molecule has 0 aromatic heterocycles. The second-order valence-corrected chi connectivity index (χ2v) is 5.23. The van der Waals surface area contributed by atoms with Gasteiger partial charge in [-0.25, -0.2) is 4.79 Å². The number of halogens is 1. The molecule has 1 rings (SSSR count). The molecule has 0 saturated heterocycles. The summed E-state index contributed by atoms with van der Waals surface area (Å²) in [6.07, 6.45) is 0. The number of ether oxygens (including phenoxy) is 1. The van der Waals surface area contributed by atoms with Gasteiger partial charge in [0, 0.05) is 21.9 Å². The second-order valence-electron chi connectivity index (χ2n) is 2.70. The fourth-order valence-electron chi connectivity index (χ4n) is 0.900. The number of anilines is 1. The molecule has 86 valence electrons. The number of rotatable bonds is 2. The van der Waals surface area contributed by atoms with Crippen LogP contribution in [0.3, 0.4) is 0 Å². The third kappa shape index (κ3) is 4.96. The zero-order chi connectivity index (χ0) is 12.0. The maximum atomic E-state index is 11.1. The van der Waals surface area contributed by atoms with E-state index >= 15 is 0 Å². The van der Waals surface area contributed by atoms with Gasteiger partial charge in [0.2, 0.25) is 0 Å². The lowest BCUT2D eigenvalue weighted by Gasteiger charge is -2.06. The van der Waals surface area contributed by atoms with Crippen LogP contribution in [0.5, 0.6) is 0 Å². The molecule has 0 spiro atoms. The molecule has 1 aromatic rings. The lowest BCUT2D eigenvalue weighted by atomic mass is 10.3. The Labute approximate surface area is 112 Å². The minimum absolute atomic E-state index is 0.354. The molecule has 3 nitrogen and oxygen atoms in total. The van der Waals surface area contributed by atoms with Crippen molar-refractivity contribution in [2.24, 2.45) is 0 Å². The van der Waals surface area contributed by atoms with E-state index in [2.05, 4.69) is 21.2 Å². The van der Waals surface area contributed by atoms with Gasteiger partial charge in [-0.1, -0.05) is 28.1 Å². The molecule has 0 amide bonds. The highest BCUT2D eigenvalue weighted by atomic mass is 79.9. The van der Waals surface area contributed by atoms with E-state index in [1.807, 2.05) is 24.3 Å². The summed E-state index contributed by atoms with van der Waals surface area (Å²) in [6.45, 7) is 2.11. The van der Waals surface area contributed by atoms with Gasteiger partial charge in [0.15, 0.2) is 0 Å². The van der Waals surface area contributed by atoms with E-state index in [1.54, 1.807) is 6.92 Å². The first-order valence-corrected chi connectivity index (χ1v) is 6.54. The van der Waals surface area contributed by atoms with Gasteiger partial charge >= 0.3 is 5.30 Å². The fourth-order valence-corrected chi connectivity index (χ4v) is 1.98. The first-order chi connectivity index (χ1) is 7.61. The Morgan fingerprint density at radius 2 is 2.12 bits per heavy atom. The average molecular weight is 320 g/mol. The van der Waals surface area contributed by atoms with Crippen molar-refractivity contribution in [3.05, 3.63) is 28.7 Å².